The molecule has 1 aromatic carbocycles. The molecule has 0 unspecified atom stereocenters. The number of ether oxygens (including phenoxy) is 1. The van der Waals surface area contributed by atoms with Crippen LogP contribution >= 0.6 is 22.9 Å². The van der Waals surface area contributed by atoms with Gasteiger partial charge in [0.25, 0.3) is 5.91 Å². The second-order valence-corrected chi connectivity index (χ2v) is 8.08. The molecule has 10 heteroatoms. The molecule has 0 spiro atoms. The summed E-state index contributed by atoms with van der Waals surface area (Å²) in [4.78, 5) is 26.8. The number of aromatic nitrogens is 2. The number of hydrogen-bond acceptors (Lipinski definition) is 7. The number of nitrogens with zero attached hydrogens (tertiary/aromatic N) is 3. The van der Waals surface area contributed by atoms with Crippen molar-refractivity contribution < 1.29 is 14.3 Å². The first-order valence-electron chi connectivity index (χ1n) is 9.00. The van der Waals surface area contributed by atoms with Gasteiger partial charge in [0.2, 0.25) is 5.91 Å². The number of hydrogen-bond donors (Lipinski definition) is 2. The van der Waals surface area contributed by atoms with E-state index in [1.165, 1.54) is 11.3 Å². The monoisotopic (exact) mass is 423 g/mol. The van der Waals surface area contributed by atoms with Gasteiger partial charge in [0, 0.05) is 18.1 Å². The van der Waals surface area contributed by atoms with E-state index in [0.717, 1.165) is 10.0 Å². The molecule has 8 nitrogen and oxygen atoms in total. The van der Waals surface area contributed by atoms with E-state index in [1.54, 1.807) is 18.2 Å². The molecule has 3 rings (SSSR count). The van der Waals surface area contributed by atoms with Crippen molar-refractivity contribution in [3.05, 3.63) is 38.8 Å². The first-order valence-corrected chi connectivity index (χ1v) is 10.2. The zero-order chi connectivity index (χ0) is 19.9. The molecule has 0 radical (unpaired) electrons. The molecular weight excluding hydrogens is 402 g/mol. The van der Waals surface area contributed by atoms with Crippen LogP contribution in [0.5, 0.6) is 5.75 Å². The summed E-state index contributed by atoms with van der Waals surface area (Å²) in [5, 5.41) is 16.1. The van der Waals surface area contributed by atoms with E-state index in [4.69, 9.17) is 16.3 Å². The zero-order valence-corrected chi connectivity index (χ0v) is 17.1. The van der Waals surface area contributed by atoms with Gasteiger partial charge in [-0.25, -0.2) is 0 Å². The highest BCUT2D eigenvalue weighted by molar-refractivity contribution is 7.11. The molecule has 2 heterocycles. The molecular formula is C18H22ClN5O3S. The van der Waals surface area contributed by atoms with Gasteiger partial charge in [0.15, 0.2) is 0 Å². The fourth-order valence-corrected chi connectivity index (χ4v) is 3.75. The number of amides is 2. The van der Waals surface area contributed by atoms with Crippen LogP contribution in [0.25, 0.3) is 0 Å². The maximum Gasteiger partial charge on any atom is 0.255 e. The minimum Gasteiger partial charge on any atom is -0.491 e. The van der Waals surface area contributed by atoms with Crippen molar-refractivity contribution in [3.63, 3.8) is 0 Å². The van der Waals surface area contributed by atoms with Crippen molar-refractivity contribution in [1.82, 2.24) is 25.7 Å². The summed E-state index contributed by atoms with van der Waals surface area (Å²) < 4.78 is 5.67. The standard InChI is InChI=1S/C18H22ClN5O3S/c1-12-22-23-17(28-12)11-24-7-2-5-21-18(26)14-9-13(19)3-4-15(14)27-8-6-20-16(25)10-24/h3-4,9H,2,5-8,10-11H2,1H3,(H,20,25)(H,21,26). The summed E-state index contributed by atoms with van der Waals surface area (Å²) in [6.07, 6.45) is 0.688. The number of halogens is 1. The van der Waals surface area contributed by atoms with Crippen LogP contribution in [0.15, 0.2) is 18.2 Å². The Morgan fingerprint density at radius 1 is 1.25 bits per heavy atom. The van der Waals surface area contributed by atoms with Crippen LogP contribution in [0.1, 0.15) is 26.8 Å². The maximum atomic E-state index is 12.5. The number of carbonyl (C=O) groups is 2. The number of aryl methyl sites for hydroxylation is 1. The first kappa shape index (κ1) is 20.5. The second kappa shape index (κ2) is 9.81. The Balaban J connectivity index is 1.68. The van der Waals surface area contributed by atoms with Crippen molar-refractivity contribution in [1.29, 1.82) is 0 Å². The van der Waals surface area contributed by atoms with Gasteiger partial charge in [-0.2, -0.15) is 0 Å². The summed E-state index contributed by atoms with van der Waals surface area (Å²) >= 11 is 7.54. The summed E-state index contributed by atoms with van der Waals surface area (Å²) in [5.74, 6) is 0.133. The predicted molar refractivity (Wildman–Crippen MR) is 107 cm³/mol. The van der Waals surface area contributed by atoms with Crippen LogP contribution in [0.2, 0.25) is 5.02 Å². The highest BCUT2D eigenvalue weighted by atomic mass is 35.5. The minimum absolute atomic E-state index is 0.0812. The highest BCUT2D eigenvalue weighted by Gasteiger charge is 2.17. The smallest absolute Gasteiger partial charge is 0.255 e. The predicted octanol–water partition coefficient (Wildman–Crippen LogP) is 1.63. The Bertz CT molecular complexity index is 844. The minimum atomic E-state index is -0.232. The Kier molecular flexibility index (Phi) is 7.18. The van der Waals surface area contributed by atoms with E-state index in [-0.39, 0.29) is 25.0 Å². The molecule has 0 fully saturated rings. The molecule has 0 saturated carbocycles. The number of nitrogens with one attached hydrogen (secondary N) is 2. The van der Waals surface area contributed by atoms with E-state index in [2.05, 4.69) is 20.8 Å². The fourth-order valence-electron chi connectivity index (χ4n) is 2.82. The summed E-state index contributed by atoms with van der Waals surface area (Å²) in [7, 11) is 0. The molecule has 0 bridgehead atoms. The molecule has 1 aliphatic heterocycles. The third kappa shape index (κ3) is 5.88. The summed E-state index contributed by atoms with van der Waals surface area (Å²) in [5.41, 5.74) is 0.386. The number of carbonyl (C=O) groups excluding carboxylic acids is 2. The fraction of sp³-hybridized carbons (Fsp3) is 0.444. The average Bonchev–Trinajstić information content (AvgIpc) is 3.07. The van der Waals surface area contributed by atoms with Crippen LogP contribution in [-0.4, -0.2) is 59.7 Å². The lowest BCUT2D eigenvalue weighted by Crippen LogP contribution is -2.40. The summed E-state index contributed by atoms with van der Waals surface area (Å²) in [6, 6.07) is 4.92. The number of rotatable bonds is 2. The van der Waals surface area contributed by atoms with Gasteiger partial charge in [0.1, 0.15) is 22.4 Å². The van der Waals surface area contributed by atoms with Crippen molar-refractivity contribution in [2.24, 2.45) is 0 Å². The van der Waals surface area contributed by atoms with Crippen LogP contribution in [0.3, 0.4) is 0 Å². The molecule has 150 valence electrons. The van der Waals surface area contributed by atoms with E-state index >= 15 is 0 Å². The third-order valence-corrected chi connectivity index (χ3v) is 5.16. The first-order chi connectivity index (χ1) is 13.5. The van der Waals surface area contributed by atoms with Crippen LogP contribution in [-0.2, 0) is 11.3 Å². The van der Waals surface area contributed by atoms with Gasteiger partial charge < -0.3 is 15.4 Å². The number of benzene rings is 1. The third-order valence-electron chi connectivity index (χ3n) is 4.10. The van der Waals surface area contributed by atoms with Crippen molar-refractivity contribution >= 4 is 34.8 Å². The lowest BCUT2D eigenvalue weighted by molar-refractivity contribution is -0.122. The molecule has 0 atom stereocenters. The Hall–Kier alpha value is -2.23. The molecule has 0 aliphatic carbocycles. The van der Waals surface area contributed by atoms with Gasteiger partial charge >= 0.3 is 0 Å². The van der Waals surface area contributed by atoms with E-state index in [0.29, 0.717) is 48.9 Å². The number of fused-ring (bicyclic) bond motifs is 1. The molecule has 2 aromatic rings. The van der Waals surface area contributed by atoms with Gasteiger partial charge in [-0.1, -0.05) is 11.6 Å². The van der Waals surface area contributed by atoms with Gasteiger partial charge in [-0.3, -0.25) is 14.5 Å². The zero-order valence-electron chi connectivity index (χ0n) is 15.5. The Morgan fingerprint density at radius 2 is 2.11 bits per heavy atom. The summed E-state index contributed by atoms with van der Waals surface area (Å²) in [6.45, 7) is 4.40. The van der Waals surface area contributed by atoms with Crippen LogP contribution < -0.4 is 15.4 Å². The van der Waals surface area contributed by atoms with Crippen LogP contribution in [0.4, 0.5) is 0 Å². The lowest BCUT2D eigenvalue weighted by Gasteiger charge is -2.21. The van der Waals surface area contributed by atoms with E-state index < -0.39 is 0 Å². The largest absolute Gasteiger partial charge is 0.491 e. The topological polar surface area (TPSA) is 96.5 Å². The Labute approximate surface area is 172 Å². The van der Waals surface area contributed by atoms with Crippen molar-refractivity contribution in [3.8, 4) is 5.75 Å². The molecule has 0 saturated heterocycles. The van der Waals surface area contributed by atoms with Crippen LogP contribution in [0, 0.1) is 6.92 Å². The van der Waals surface area contributed by atoms with Gasteiger partial charge in [-0.15, -0.1) is 21.5 Å². The quantitative estimate of drug-likeness (QED) is 0.762. The van der Waals surface area contributed by atoms with Crippen molar-refractivity contribution in [2.45, 2.75) is 19.9 Å². The maximum absolute atomic E-state index is 12.5. The molecule has 2 amide bonds. The van der Waals surface area contributed by atoms with Gasteiger partial charge in [0.05, 0.1) is 25.2 Å². The van der Waals surface area contributed by atoms with E-state index in [1.807, 2.05) is 11.8 Å². The SMILES string of the molecule is Cc1nnc(CN2CCCNC(=O)c3cc(Cl)ccc3OCCNC(=O)C2)s1. The van der Waals surface area contributed by atoms with E-state index in [9.17, 15) is 9.59 Å². The molecule has 1 aromatic heterocycles. The second-order valence-electron chi connectivity index (χ2n) is 6.37. The molecule has 2 N–H and O–H groups in total. The highest BCUT2D eigenvalue weighted by Crippen LogP contribution is 2.23. The molecule has 28 heavy (non-hydrogen) atoms. The molecule has 1 aliphatic rings. The Morgan fingerprint density at radius 3 is 2.89 bits per heavy atom. The lowest BCUT2D eigenvalue weighted by atomic mass is 10.2. The average molecular weight is 424 g/mol. The van der Waals surface area contributed by atoms with Gasteiger partial charge in [-0.05, 0) is 31.5 Å². The van der Waals surface area contributed by atoms with Crippen molar-refractivity contribution in [2.75, 3.05) is 32.8 Å². The normalized spacial score (nSPS) is 17.1.